The van der Waals surface area contributed by atoms with E-state index in [0.29, 0.717) is 40.3 Å². The minimum absolute atomic E-state index is 0.119. The van der Waals surface area contributed by atoms with Gasteiger partial charge in [-0.3, -0.25) is 14.5 Å². The zero-order valence-electron chi connectivity index (χ0n) is 17.6. The molecule has 6 rings (SSSR count). The zero-order chi connectivity index (χ0) is 23.1. The van der Waals surface area contributed by atoms with E-state index in [0.717, 1.165) is 12.5 Å². The number of thiocarbonyl (C=S) groups is 1. The molecule has 2 unspecified atom stereocenters. The Labute approximate surface area is 192 Å². The summed E-state index contributed by atoms with van der Waals surface area (Å²) in [5.41, 5.74) is 0.263. The topological polar surface area (TPSA) is 81.3 Å². The van der Waals surface area contributed by atoms with Crippen LogP contribution < -0.4 is 10.9 Å². The molecular formula is C23H19F2N5O2S. The lowest BCUT2D eigenvalue weighted by Crippen LogP contribution is -2.53. The number of hydrogen-bond donors (Lipinski definition) is 2. The second-order valence-corrected chi connectivity index (χ2v) is 9.20. The lowest BCUT2D eigenvalue weighted by atomic mass is 9.75. The summed E-state index contributed by atoms with van der Waals surface area (Å²) >= 11 is 5.73. The number of benzene rings is 2. The van der Waals surface area contributed by atoms with E-state index in [4.69, 9.17) is 12.2 Å². The van der Waals surface area contributed by atoms with Gasteiger partial charge in [0.2, 0.25) is 0 Å². The van der Waals surface area contributed by atoms with Gasteiger partial charge >= 0.3 is 0 Å². The first-order chi connectivity index (χ1) is 15.8. The molecule has 2 N–H and O–H groups in total. The van der Waals surface area contributed by atoms with Crippen molar-refractivity contribution in [3.63, 3.8) is 0 Å². The van der Waals surface area contributed by atoms with Crippen LogP contribution >= 0.6 is 12.2 Å². The molecule has 3 aliphatic rings. The van der Waals surface area contributed by atoms with Crippen molar-refractivity contribution in [2.75, 3.05) is 12.4 Å². The number of nitrogens with one attached hydrogen (secondary N) is 2. The quantitative estimate of drug-likeness (QED) is 0.563. The van der Waals surface area contributed by atoms with E-state index in [2.05, 4.69) is 15.5 Å². The van der Waals surface area contributed by atoms with Crippen molar-refractivity contribution in [3.05, 3.63) is 69.6 Å². The fourth-order valence-corrected chi connectivity index (χ4v) is 5.71. The Hall–Kier alpha value is -3.40. The maximum Gasteiger partial charge on any atom is 0.272 e. The Morgan fingerprint density at radius 1 is 1.12 bits per heavy atom. The highest BCUT2D eigenvalue weighted by atomic mass is 32.1. The standard InChI is InChI=1S/C23H19F2N5O2S/c1-29-22(33)30(21(32)23(29)7-2-8-23)19-17(11-3-5-12(24)6-4-11)26-15-10-13(25)9-14-16(15)18(19)27-28-20(14)31/h3-6,9-10,17,19,26H,2,7-8H2,1H3,(H,28,31). The van der Waals surface area contributed by atoms with E-state index in [1.165, 1.54) is 18.2 Å². The number of amides is 1. The van der Waals surface area contributed by atoms with E-state index in [1.807, 2.05) is 11.9 Å². The number of rotatable bonds is 2. The number of carbonyl (C=O) groups is 1. The predicted octanol–water partition coefficient (Wildman–Crippen LogP) is 3.39. The van der Waals surface area contributed by atoms with Crippen LogP contribution in [0.3, 0.4) is 0 Å². The van der Waals surface area contributed by atoms with Gasteiger partial charge in [0.15, 0.2) is 5.11 Å². The smallest absolute Gasteiger partial charge is 0.272 e. The number of halogens is 2. The first-order valence-corrected chi connectivity index (χ1v) is 11.1. The summed E-state index contributed by atoms with van der Waals surface area (Å²) in [6.07, 6.45) is 2.34. The van der Waals surface area contributed by atoms with Crippen LogP contribution in [0.5, 0.6) is 0 Å². The first kappa shape index (κ1) is 20.2. The minimum Gasteiger partial charge on any atom is -0.375 e. The third kappa shape index (κ3) is 2.64. The summed E-state index contributed by atoms with van der Waals surface area (Å²) in [6.45, 7) is 0. The van der Waals surface area contributed by atoms with E-state index in [9.17, 15) is 18.4 Å². The molecule has 7 nitrogen and oxygen atoms in total. The van der Waals surface area contributed by atoms with Crippen LogP contribution in [0.25, 0.3) is 10.8 Å². The van der Waals surface area contributed by atoms with Gasteiger partial charge < -0.3 is 10.2 Å². The van der Waals surface area contributed by atoms with Gasteiger partial charge in [-0.2, -0.15) is 5.10 Å². The summed E-state index contributed by atoms with van der Waals surface area (Å²) in [6, 6.07) is 7.00. The van der Waals surface area contributed by atoms with Crippen LogP contribution in [0.2, 0.25) is 0 Å². The van der Waals surface area contributed by atoms with Crippen LogP contribution in [0.15, 0.2) is 41.2 Å². The fourth-order valence-electron chi connectivity index (χ4n) is 5.33. The number of anilines is 1. The van der Waals surface area contributed by atoms with Gasteiger partial charge in [0, 0.05) is 18.1 Å². The highest BCUT2D eigenvalue weighted by Crippen LogP contribution is 2.51. The van der Waals surface area contributed by atoms with Gasteiger partial charge in [-0.25, -0.2) is 13.9 Å². The van der Waals surface area contributed by atoms with Crippen molar-refractivity contribution in [3.8, 4) is 0 Å². The van der Waals surface area contributed by atoms with Gasteiger partial charge in [0.1, 0.15) is 23.2 Å². The maximum absolute atomic E-state index is 14.4. The maximum atomic E-state index is 14.4. The van der Waals surface area contributed by atoms with Crippen molar-refractivity contribution in [2.45, 2.75) is 36.9 Å². The molecule has 2 atom stereocenters. The van der Waals surface area contributed by atoms with Gasteiger partial charge in [0.25, 0.3) is 11.5 Å². The molecule has 1 saturated carbocycles. The zero-order valence-corrected chi connectivity index (χ0v) is 18.4. The van der Waals surface area contributed by atoms with Crippen molar-refractivity contribution in [2.24, 2.45) is 0 Å². The molecule has 2 aliphatic heterocycles. The first-order valence-electron chi connectivity index (χ1n) is 10.7. The lowest BCUT2D eigenvalue weighted by Gasteiger charge is -2.41. The normalized spacial score (nSPS) is 23.2. The van der Waals surface area contributed by atoms with E-state index in [1.54, 1.807) is 17.0 Å². The minimum atomic E-state index is -0.727. The second-order valence-electron chi connectivity index (χ2n) is 8.83. The van der Waals surface area contributed by atoms with E-state index < -0.39 is 34.8 Å². The predicted molar refractivity (Wildman–Crippen MR) is 122 cm³/mol. The molecule has 3 heterocycles. The molecule has 3 aromatic rings. The van der Waals surface area contributed by atoms with Crippen molar-refractivity contribution in [1.29, 1.82) is 0 Å². The molecule has 0 radical (unpaired) electrons. The fraction of sp³-hybridized carbons (Fsp3) is 0.304. The number of aromatic nitrogens is 2. The molecule has 2 aromatic carbocycles. The molecule has 1 aromatic heterocycles. The molecule has 2 fully saturated rings. The summed E-state index contributed by atoms with van der Waals surface area (Å²) in [5, 5.41) is 11.0. The highest BCUT2D eigenvalue weighted by molar-refractivity contribution is 7.80. The van der Waals surface area contributed by atoms with Crippen LogP contribution in [-0.4, -0.2) is 43.6 Å². The largest absolute Gasteiger partial charge is 0.375 e. The molecular weight excluding hydrogens is 448 g/mol. The molecule has 168 valence electrons. The van der Waals surface area contributed by atoms with Gasteiger partial charge in [0.05, 0.1) is 17.1 Å². The Morgan fingerprint density at radius 3 is 2.48 bits per heavy atom. The Kier molecular flexibility index (Phi) is 4.17. The number of H-pyrrole nitrogens is 1. The highest BCUT2D eigenvalue weighted by Gasteiger charge is 2.60. The van der Waals surface area contributed by atoms with Gasteiger partial charge in [-0.1, -0.05) is 12.1 Å². The van der Waals surface area contributed by atoms with E-state index >= 15 is 0 Å². The molecule has 1 spiro atoms. The SMILES string of the molecule is CN1C(=S)N(C2c3n[nH]c(=O)c4cc(F)cc(c34)NC2c2ccc(F)cc2)C(=O)C12CCC2. The van der Waals surface area contributed by atoms with Crippen molar-refractivity contribution in [1.82, 2.24) is 20.0 Å². The average Bonchev–Trinajstić information content (AvgIpc) is 2.96. The number of aromatic amines is 1. The Morgan fingerprint density at radius 2 is 1.85 bits per heavy atom. The van der Waals surface area contributed by atoms with Crippen LogP contribution in [0.4, 0.5) is 14.5 Å². The van der Waals surface area contributed by atoms with Crippen LogP contribution in [-0.2, 0) is 4.79 Å². The van der Waals surface area contributed by atoms with Crippen LogP contribution in [0.1, 0.15) is 42.6 Å². The molecule has 1 aliphatic carbocycles. The van der Waals surface area contributed by atoms with Crippen molar-refractivity contribution < 1.29 is 13.6 Å². The molecule has 1 amide bonds. The Balaban J connectivity index is 1.61. The number of carbonyl (C=O) groups excluding carboxylic acids is 1. The third-order valence-electron chi connectivity index (χ3n) is 7.23. The second kappa shape index (κ2) is 6.80. The third-order valence-corrected chi connectivity index (χ3v) is 7.70. The summed E-state index contributed by atoms with van der Waals surface area (Å²) in [5.74, 6) is -1.10. The van der Waals surface area contributed by atoms with Gasteiger partial charge in [-0.15, -0.1) is 0 Å². The molecule has 0 bridgehead atoms. The molecule has 10 heteroatoms. The monoisotopic (exact) mass is 467 g/mol. The number of likely N-dealkylation sites (N-methyl/N-ethyl adjacent to an activating group) is 1. The number of nitrogens with zero attached hydrogens (tertiary/aromatic N) is 3. The number of hydrogen-bond acceptors (Lipinski definition) is 5. The Bertz CT molecular complexity index is 1400. The van der Waals surface area contributed by atoms with E-state index in [-0.39, 0.29) is 11.3 Å². The summed E-state index contributed by atoms with van der Waals surface area (Å²) in [7, 11) is 1.82. The summed E-state index contributed by atoms with van der Waals surface area (Å²) in [4.78, 5) is 29.6. The van der Waals surface area contributed by atoms with Crippen molar-refractivity contribution >= 4 is 39.7 Å². The molecule has 1 saturated heterocycles. The summed E-state index contributed by atoms with van der Waals surface area (Å²) < 4.78 is 28.1. The molecule has 33 heavy (non-hydrogen) atoms. The lowest BCUT2D eigenvalue weighted by molar-refractivity contribution is -0.138. The van der Waals surface area contributed by atoms with Gasteiger partial charge in [-0.05, 0) is 61.3 Å². The van der Waals surface area contributed by atoms with Crippen LogP contribution in [0, 0.1) is 11.6 Å². The average molecular weight is 468 g/mol.